The number of amides is 2. The number of nitrogens with one attached hydrogen (secondary N) is 2. The third-order valence-electron chi connectivity index (χ3n) is 5.85. The van der Waals surface area contributed by atoms with Crippen molar-refractivity contribution in [3.63, 3.8) is 0 Å². The summed E-state index contributed by atoms with van der Waals surface area (Å²) in [6.45, 7) is 5.31. The summed E-state index contributed by atoms with van der Waals surface area (Å²) < 4.78 is 10.6. The minimum absolute atomic E-state index is 0.0348. The van der Waals surface area contributed by atoms with Crippen molar-refractivity contribution >= 4 is 17.5 Å². The van der Waals surface area contributed by atoms with E-state index in [4.69, 9.17) is 9.47 Å². The Morgan fingerprint density at radius 1 is 1.06 bits per heavy atom. The first-order chi connectivity index (χ1) is 14.9. The Hall–Kier alpha value is -3.06. The van der Waals surface area contributed by atoms with Crippen LogP contribution < -0.4 is 20.1 Å². The molecule has 1 aliphatic rings. The second-order valence-electron chi connectivity index (χ2n) is 7.83. The predicted octanol–water partition coefficient (Wildman–Crippen LogP) is 3.23. The van der Waals surface area contributed by atoms with Gasteiger partial charge in [-0.15, -0.1) is 0 Å². The van der Waals surface area contributed by atoms with Crippen LogP contribution in [0, 0.1) is 6.92 Å². The number of hydrogen-bond acceptors (Lipinski definition) is 5. The number of likely N-dealkylation sites (tertiary alicyclic amines) is 1. The van der Waals surface area contributed by atoms with Crippen molar-refractivity contribution in [2.45, 2.75) is 38.8 Å². The SMILES string of the molecule is COc1ccc(OC)c(NC(=O)C(C)N2CCC(NC(=O)c3ccccc3C)CC2)c1. The number of anilines is 1. The molecular formula is C24H31N3O4. The van der Waals surface area contributed by atoms with Crippen LogP contribution in [0.15, 0.2) is 42.5 Å². The number of aryl methyl sites for hydroxylation is 1. The highest BCUT2D eigenvalue weighted by atomic mass is 16.5. The van der Waals surface area contributed by atoms with Gasteiger partial charge in [-0.25, -0.2) is 0 Å². The molecule has 2 aromatic rings. The number of piperidine rings is 1. The van der Waals surface area contributed by atoms with E-state index in [0.717, 1.165) is 31.5 Å². The molecule has 3 rings (SSSR count). The zero-order chi connectivity index (χ0) is 22.4. The summed E-state index contributed by atoms with van der Waals surface area (Å²) >= 11 is 0. The average molecular weight is 426 g/mol. The van der Waals surface area contributed by atoms with E-state index in [2.05, 4.69) is 15.5 Å². The number of benzene rings is 2. The summed E-state index contributed by atoms with van der Waals surface area (Å²) in [7, 11) is 3.15. The number of hydrogen-bond donors (Lipinski definition) is 2. The quantitative estimate of drug-likeness (QED) is 0.712. The molecule has 0 bridgehead atoms. The second-order valence-corrected chi connectivity index (χ2v) is 7.83. The predicted molar refractivity (Wildman–Crippen MR) is 121 cm³/mol. The van der Waals surface area contributed by atoms with Crippen LogP contribution in [0.5, 0.6) is 11.5 Å². The lowest BCUT2D eigenvalue weighted by Gasteiger charge is -2.35. The Morgan fingerprint density at radius 2 is 1.77 bits per heavy atom. The molecule has 7 heteroatoms. The monoisotopic (exact) mass is 425 g/mol. The molecular weight excluding hydrogens is 394 g/mol. The van der Waals surface area contributed by atoms with Gasteiger partial charge in [0, 0.05) is 30.8 Å². The van der Waals surface area contributed by atoms with Crippen molar-refractivity contribution in [3.05, 3.63) is 53.6 Å². The number of rotatable bonds is 7. The Labute approximate surface area is 183 Å². The van der Waals surface area contributed by atoms with Gasteiger partial charge in [0.15, 0.2) is 0 Å². The van der Waals surface area contributed by atoms with E-state index in [1.807, 2.05) is 38.1 Å². The summed E-state index contributed by atoms with van der Waals surface area (Å²) in [5.74, 6) is 1.09. The van der Waals surface area contributed by atoms with Crippen molar-refractivity contribution in [3.8, 4) is 11.5 Å². The number of carbonyl (C=O) groups is 2. The summed E-state index contributed by atoms with van der Waals surface area (Å²) in [6, 6.07) is 12.7. The highest BCUT2D eigenvalue weighted by Gasteiger charge is 2.28. The third-order valence-corrected chi connectivity index (χ3v) is 5.85. The molecule has 166 valence electrons. The van der Waals surface area contributed by atoms with E-state index >= 15 is 0 Å². The maximum atomic E-state index is 12.8. The van der Waals surface area contributed by atoms with Crippen LogP contribution in [0.1, 0.15) is 35.7 Å². The molecule has 1 heterocycles. The molecule has 2 aromatic carbocycles. The van der Waals surface area contributed by atoms with Crippen molar-refractivity contribution in [1.29, 1.82) is 0 Å². The first kappa shape index (κ1) is 22.6. The molecule has 1 saturated heterocycles. The molecule has 31 heavy (non-hydrogen) atoms. The molecule has 0 spiro atoms. The lowest BCUT2D eigenvalue weighted by molar-refractivity contribution is -0.121. The fourth-order valence-electron chi connectivity index (χ4n) is 3.84. The first-order valence-corrected chi connectivity index (χ1v) is 10.6. The molecule has 0 radical (unpaired) electrons. The van der Waals surface area contributed by atoms with E-state index in [-0.39, 0.29) is 23.9 Å². The van der Waals surface area contributed by atoms with Crippen LogP contribution in [0.4, 0.5) is 5.69 Å². The van der Waals surface area contributed by atoms with Crippen molar-refractivity contribution < 1.29 is 19.1 Å². The van der Waals surface area contributed by atoms with Gasteiger partial charge in [-0.1, -0.05) is 18.2 Å². The molecule has 7 nitrogen and oxygen atoms in total. The standard InChI is InChI=1S/C24H31N3O4/c1-16-7-5-6-8-20(16)24(29)25-18-11-13-27(14-12-18)17(2)23(28)26-21-15-19(30-3)9-10-22(21)31-4/h5-10,15,17-18H,11-14H2,1-4H3,(H,25,29)(H,26,28). The summed E-state index contributed by atoms with van der Waals surface area (Å²) in [4.78, 5) is 27.5. The highest BCUT2D eigenvalue weighted by molar-refractivity contribution is 5.96. The smallest absolute Gasteiger partial charge is 0.251 e. The molecule has 0 saturated carbocycles. The number of nitrogens with zero attached hydrogens (tertiary/aromatic N) is 1. The van der Waals surface area contributed by atoms with Gasteiger partial charge in [-0.3, -0.25) is 14.5 Å². The Bertz CT molecular complexity index is 923. The fraction of sp³-hybridized carbons (Fsp3) is 0.417. The van der Waals surface area contributed by atoms with Gasteiger partial charge in [0.1, 0.15) is 11.5 Å². The molecule has 1 unspecified atom stereocenters. The maximum absolute atomic E-state index is 12.8. The lowest BCUT2D eigenvalue weighted by atomic mass is 10.0. The van der Waals surface area contributed by atoms with Crippen LogP contribution in [-0.2, 0) is 4.79 Å². The molecule has 0 aromatic heterocycles. The van der Waals surface area contributed by atoms with Gasteiger partial charge in [0.2, 0.25) is 5.91 Å². The average Bonchev–Trinajstić information content (AvgIpc) is 2.79. The fourth-order valence-corrected chi connectivity index (χ4v) is 3.84. The van der Waals surface area contributed by atoms with Crippen LogP contribution in [0.3, 0.4) is 0 Å². The largest absolute Gasteiger partial charge is 0.497 e. The molecule has 1 fully saturated rings. The van der Waals surface area contributed by atoms with Crippen molar-refractivity contribution in [1.82, 2.24) is 10.2 Å². The van der Waals surface area contributed by atoms with Gasteiger partial charge in [0.05, 0.1) is 25.9 Å². The van der Waals surface area contributed by atoms with Gasteiger partial charge < -0.3 is 20.1 Å². The van der Waals surface area contributed by atoms with Crippen LogP contribution in [0.25, 0.3) is 0 Å². The molecule has 1 atom stereocenters. The van der Waals surface area contributed by atoms with Crippen LogP contribution in [0.2, 0.25) is 0 Å². The summed E-state index contributed by atoms with van der Waals surface area (Å²) in [6.07, 6.45) is 1.61. The number of ether oxygens (including phenoxy) is 2. The molecule has 0 aliphatic carbocycles. The van der Waals surface area contributed by atoms with Gasteiger partial charge in [-0.2, -0.15) is 0 Å². The van der Waals surface area contributed by atoms with Gasteiger partial charge in [-0.05, 0) is 50.5 Å². The minimum Gasteiger partial charge on any atom is -0.497 e. The topological polar surface area (TPSA) is 79.9 Å². The molecule has 1 aliphatic heterocycles. The van der Waals surface area contributed by atoms with Crippen molar-refractivity contribution in [2.75, 3.05) is 32.6 Å². The van der Waals surface area contributed by atoms with E-state index in [0.29, 0.717) is 22.7 Å². The van der Waals surface area contributed by atoms with Gasteiger partial charge >= 0.3 is 0 Å². The number of carbonyl (C=O) groups excluding carboxylic acids is 2. The molecule has 2 amide bonds. The van der Waals surface area contributed by atoms with Crippen molar-refractivity contribution in [2.24, 2.45) is 0 Å². The minimum atomic E-state index is -0.302. The molecule has 2 N–H and O–H groups in total. The Kier molecular flexibility index (Phi) is 7.52. The Morgan fingerprint density at radius 3 is 2.42 bits per heavy atom. The van der Waals surface area contributed by atoms with Crippen LogP contribution in [-0.4, -0.2) is 56.1 Å². The zero-order valence-electron chi connectivity index (χ0n) is 18.6. The van der Waals surface area contributed by atoms with E-state index in [9.17, 15) is 9.59 Å². The van der Waals surface area contributed by atoms with E-state index < -0.39 is 0 Å². The lowest BCUT2D eigenvalue weighted by Crippen LogP contribution is -2.50. The second kappa shape index (κ2) is 10.3. The number of methoxy groups -OCH3 is 2. The maximum Gasteiger partial charge on any atom is 0.251 e. The van der Waals surface area contributed by atoms with Gasteiger partial charge in [0.25, 0.3) is 5.91 Å². The third kappa shape index (κ3) is 5.55. The Balaban J connectivity index is 1.54. The van der Waals surface area contributed by atoms with Crippen LogP contribution >= 0.6 is 0 Å². The highest BCUT2D eigenvalue weighted by Crippen LogP contribution is 2.29. The zero-order valence-corrected chi connectivity index (χ0v) is 18.6. The van der Waals surface area contributed by atoms with E-state index in [1.165, 1.54) is 0 Å². The normalized spacial score (nSPS) is 15.7. The first-order valence-electron chi connectivity index (χ1n) is 10.6. The summed E-state index contributed by atoms with van der Waals surface area (Å²) in [5.41, 5.74) is 2.26. The van der Waals surface area contributed by atoms with E-state index in [1.54, 1.807) is 32.4 Å². The summed E-state index contributed by atoms with van der Waals surface area (Å²) in [5, 5.41) is 6.08.